The van der Waals surface area contributed by atoms with Crippen LogP contribution in [-0.2, 0) is 4.74 Å². The second-order valence-electron chi connectivity index (χ2n) is 5.93. The van der Waals surface area contributed by atoms with Crippen LogP contribution >= 0.6 is 0 Å². The normalized spacial score (nSPS) is 26.2. The number of hydrogen-bond donors (Lipinski definition) is 1. The molecule has 1 aliphatic heterocycles. The summed E-state index contributed by atoms with van der Waals surface area (Å²) < 4.78 is 11.7. The fraction of sp³-hybridized carbons (Fsp3) is 0.556. The summed E-state index contributed by atoms with van der Waals surface area (Å²) in [5.74, 6) is 3.30. The molecule has 1 saturated heterocycles. The molecule has 1 aromatic carbocycles. The zero-order chi connectivity index (χ0) is 15.4. The summed E-state index contributed by atoms with van der Waals surface area (Å²) >= 11 is 0. The lowest BCUT2D eigenvalue weighted by Crippen LogP contribution is -2.42. The van der Waals surface area contributed by atoms with Gasteiger partial charge in [0.2, 0.25) is 0 Å². The van der Waals surface area contributed by atoms with Crippen molar-refractivity contribution in [1.29, 1.82) is 0 Å². The number of ether oxygens (including phenoxy) is 2. The first-order chi connectivity index (χ1) is 10.8. The van der Waals surface area contributed by atoms with Crippen LogP contribution in [0.25, 0.3) is 0 Å². The van der Waals surface area contributed by atoms with Crippen molar-refractivity contribution in [2.75, 3.05) is 6.61 Å². The minimum atomic E-state index is -0.0533. The highest BCUT2D eigenvalue weighted by Crippen LogP contribution is 2.36. The number of benzene rings is 1. The smallest absolute Gasteiger partial charge is 0.151 e. The fourth-order valence-electron chi connectivity index (χ4n) is 3.27. The first-order valence-electron chi connectivity index (χ1n) is 8.18. The SMILES string of the molecule is C#CCOc1cccc(C2OC(CC)NN2C2CCCC2)c1. The molecule has 0 bridgehead atoms. The molecule has 0 spiro atoms. The van der Waals surface area contributed by atoms with Crippen molar-refractivity contribution in [3.8, 4) is 18.1 Å². The zero-order valence-electron chi connectivity index (χ0n) is 13.1. The average Bonchev–Trinajstić information content (AvgIpc) is 3.21. The molecule has 2 atom stereocenters. The molecule has 22 heavy (non-hydrogen) atoms. The van der Waals surface area contributed by atoms with Gasteiger partial charge in [0.25, 0.3) is 0 Å². The number of terminal acetylenes is 1. The van der Waals surface area contributed by atoms with E-state index in [0.717, 1.165) is 17.7 Å². The second-order valence-corrected chi connectivity index (χ2v) is 5.93. The highest BCUT2D eigenvalue weighted by Gasteiger charge is 2.38. The molecule has 4 heteroatoms. The Kier molecular flexibility index (Phi) is 4.99. The van der Waals surface area contributed by atoms with Crippen molar-refractivity contribution < 1.29 is 9.47 Å². The Bertz CT molecular complexity index is 534. The van der Waals surface area contributed by atoms with Crippen molar-refractivity contribution in [2.24, 2.45) is 0 Å². The molecule has 0 amide bonds. The summed E-state index contributed by atoms with van der Waals surface area (Å²) in [6, 6.07) is 8.60. The van der Waals surface area contributed by atoms with Gasteiger partial charge in [-0.15, -0.1) is 6.42 Å². The quantitative estimate of drug-likeness (QED) is 0.847. The maximum atomic E-state index is 6.20. The summed E-state index contributed by atoms with van der Waals surface area (Å²) in [6.07, 6.45) is 11.3. The third-order valence-corrected chi connectivity index (χ3v) is 4.39. The fourth-order valence-corrected chi connectivity index (χ4v) is 3.27. The van der Waals surface area contributed by atoms with Gasteiger partial charge in [0, 0.05) is 11.6 Å². The molecule has 118 valence electrons. The molecule has 1 aromatic rings. The summed E-state index contributed by atoms with van der Waals surface area (Å²) in [6.45, 7) is 2.43. The zero-order valence-corrected chi connectivity index (χ0v) is 13.1. The van der Waals surface area contributed by atoms with Gasteiger partial charge >= 0.3 is 0 Å². The molecule has 1 aliphatic carbocycles. The van der Waals surface area contributed by atoms with Crippen LogP contribution in [0.15, 0.2) is 24.3 Å². The van der Waals surface area contributed by atoms with Gasteiger partial charge in [0.1, 0.15) is 18.6 Å². The van der Waals surface area contributed by atoms with E-state index in [0.29, 0.717) is 6.04 Å². The van der Waals surface area contributed by atoms with Crippen molar-refractivity contribution in [1.82, 2.24) is 10.4 Å². The van der Waals surface area contributed by atoms with Crippen molar-refractivity contribution in [3.63, 3.8) is 0 Å². The number of nitrogens with one attached hydrogen (secondary N) is 1. The Labute approximate surface area is 132 Å². The molecule has 3 rings (SSSR count). The van der Waals surface area contributed by atoms with Crippen LogP contribution in [0.2, 0.25) is 0 Å². The van der Waals surface area contributed by atoms with Gasteiger partial charge in [-0.25, -0.2) is 10.4 Å². The molecule has 2 unspecified atom stereocenters. The van der Waals surface area contributed by atoms with E-state index in [1.165, 1.54) is 25.7 Å². The number of hydrazine groups is 1. The van der Waals surface area contributed by atoms with Crippen LogP contribution in [0.4, 0.5) is 0 Å². The molecular formula is C18H24N2O2. The van der Waals surface area contributed by atoms with E-state index in [4.69, 9.17) is 15.9 Å². The van der Waals surface area contributed by atoms with Crippen LogP contribution in [0.3, 0.4) is 0 Å². The standard InChI is InChI=1S/C18H24N2O2/c1-3-12-21-16-11-7-8-14(13-16)18-20(15-9-5-6-10-15)19-17(4-2)22-18/h1,7-8,11,13,15,17-19H,4-6,9-10,12H2,2H3. The lowest BCUT2D eigenvalue weighted by atomic mass is 10.1. The molecule has 1 N–H and O–H groups in total. The molecule has 4 nitrogen and oxygen atoms in total. The Balaban J connectivity index is 1.79. The first kappa shape index (κ1) is 15.4. The van der Waals surface area contributed by atoms with Gasteiger partial charge in [-0.2, -0.15) is 0 Å². The van der Waals surface area contributed by atoms with Crippen LogP contribution in [-0.4, -0.2) is 23.9 Å². The Morgan fingerprint density at radius 3 is 2.95 bits per heavy atom. The molecule has 2 fully saturated rings. The summed E-state index contributed by atoms with van der Waals surface area (Å²) in [7, 11) is 0. The minimum absolute atomic E-state index is 0.0533. The van der Waals surface area contributed by atoms with Gasteiger partial charge < -0.3 is 9.47 Å². The maximum absolute atomic E-state index is 6.20. The maximum Gasteiger partial charge on any atom is 0.151 e. The van der Waals surface area contributed by atoms with Gasteiger partial charge in [0.05, 0.1) is 0 Å². The second kappa shape index (κ2) is 7.15. The summed E-state index contributed by atoms with van der Waals surface area (Å²) in [5, 5.41) is 2.31. The van der Waals surface area contributed by atoms with Gasteiger partial charge in [0.15, 0.2) is 6.23 Å². The predicted octanol–water partition coefficient (Wildman–Crippen LogP) is 3.21. The molecular weight excluding hydrogens is 276 g/mol. The first-order valence-corrected chi connectivity index (χ1v) is 8.18. The molecule has 0 aromatic heterocycles. The van der Waals surface area contributed by atoms with Crippen LogP contribution in [0, 0.1) is 12.3 Å². The van der Waals surface area contributed by atoms with Crippen LogP contribution in [0.5, 0.6) is 5.75 Å². The van der Waals surface area contributed by atoms with Crippen LogP contribution < -0.4 is 10.2 Å². The molecule has 1 heterocycles. The van der Waals surface area contributed by atoms with E-state index in [-0.39, 0.29) is 19.1 Å². The molecule has 1 saturated carbocycles. The number of rotatable bonds is 5. The lowest BCUT2D eigenvalue weighted by Gasteiger charge is -2.28. The Morgan fingerprint density at radius 1 is 1.41 bits per heavy atom. The third-order valence-electron chi connectivity index (χ3n) is 4.39. The van der Waals surface area contributed by atoms with E-state index in [9.17, 15) is 0 Å². The lowest BCUT2D eigenvalue weighted by molar-refractivity contribution is -0.0172. The van der Waals surface area contributed by atoms with E-state index in [1.54, 1.807) is 0 Å². The highest BCUT2D eigenvalue weighted by atomic mass is 16.6. The van der Waals surface area contributed by atoms with Crippen LogP contribution in [0.1, 0.15) is 50.8 Å². The highest BCUT2D eigenvalue weighted by molar-refractivity contribution is 5.30. The Hall–Kier alpha value is -1.54. The summed E-state index contributed by atoms with van der Waals surface area (Å²) in [4.78, 5) is 0. The molecule has 0 radical (unpaired) electrons. The van der Waals surface area contributed by atoms with Gasteiger partial charge in [-0.05, 0) is 31.4 Å². The van der Waals surface area contributed by atoms with Crippen molar-refractivity contribution in [3.05, 3.63) is 29.8 Å². The van der Waals surface area contributed by atoms with Crippen molar-refractivity contribution in [2.45, 2.75) is 57.5 Å². The monoisotopic (exact) mass is 300 g/mol. The minimum Gasteiger partial charge on any atom is -0.481 e. The average molecular weight is 300 g/mol. The summed E-state index contributed by atoms with van der Waals surface area (Å²) in [5.41, 5.74) is 4.65. The predicted molar refractivity (Wildman–Crippen MR) is 85.9 cm³/mol. The van der Waals surface area contributed by atoms with E-state index >= 15 is 0 Å². The third kappa shape index (κ3) is 3.27. The van der Waals surface area contributed by atoms with E-state index in [2.05, 4.69) is 29.3 Å². The Morgan fingerprint density at radius 2 is 2.23 bits per heavy atom. The topological polar surface area (TPSA) is 33.7 Å². The van der Waals surface area contributed by atoms with Gasteiger partial charge in [-0.3, -0.25) is 0 Å². The molecule has 2 aliphatic rings. The number of hydrogen-bond acceptors (Lipinski definition) is 4. The van der Waals surface area contributed by atoms with E-state index < -0.39 is 0 Å². The van der Waals surface area contributed by atoms with E-state index in [1.807, 2.05) is 18.2 Å². The van der Waals surface area contributed by atoms with Crippen molar-refractivity contribution >= 4 is 0 Å². The number of nitrogens with zero attached hydrogens (tertiary/aromatic N) is 1. The largest absolute Gasteiger partial charge is 0.481 e. The van der Waals surface area contributed by atoms with Gasteiger partial charge in [-0.1, -0.05) is 37.8 Å².